The summed E-state index contributed by atoms with van der Waals surface area (Å²) < 4.78 is 2.32. The van der Waals surface area contributed by atoms with Crippen LogP contribution < -0.4 is 4.57 Å². The van der Waals surface area contributed by atoms with Crippen molar-refractivity contribution in [3.05, 3.63) is 59.9 Å². The van der Waals surface area contributed by atoms with Crippen molar-refractivity contribution in [3.8, 4) is 5.69 Å². The van der Waals surface area contributed by atoms with E-state index < -0.39 is 0 Å². The number of benzene rings is 1. The number of para-hydroxylation sites is 1. The molecule has 0 spiro atoms. The largest absolute Gasteiger partial charge is 0.210 e. The fraction of sp³-hybridized carbons (Fsp3) is 0.522. The van der Waals surface area contributed by atoms with Crippen LogP contribution in [-0.4, -0.2) is 0 Å². The standard InChI is InChI=1S/C23H34N/c1-3-5-7-10-14-21-18-22(15-11-8-6-4-2)20-24(19-21)23-16-12-9-13-17-23/h9,12-13,16-20H,3-8,10-11,14-15H2,1-2H3/q+1. The highest BCUT2D eigenvalue weighted by Crippen LogP contribution is 2.13. The van der Waals surface area contributed by atoms with Crippen LogP contribution in [0.25, 0.3) is 5.69 Å². The molecule has 0 saturated heterocycles. The Morgan fingerprint density at radius 1 is 0.667 bits per heavy atom. The van der Waals surface area contributed by atoms with Gasteiger partial charge in [0.05, 0.1) is 0 Å². The van der Waals surface area contributed by atoms with Crippen LogP contribution in [0.2, 0.25) is 0 Å². The molecule has 1 heterocycles. The third kappa shape index (κ3) is 6.47. The zero-order chi connectivity index (χ0) is 17.0. The third-order valence-electron chi connectivity index (χ3n) is 4.67. The summed E-state index contributed by atoms with van der Waals surface area (Å²) in [4.78, 5) is 0. The highest BCUT2D eigenvalue weighted by molar-refractivity contribution is 5.24. The third-order valence-corrected chi connectivity index (χ3v) is 4.67. The van der Waals surface area contributed by atoms with E-state index in [-0.39, 0.29) is 0 Å². The van der Waals surface area contributed by atoms with Crippen LogP contribution in [-0.2, 0) is 12.8 Å². The van der Waals surface area contributed by atoms with Crippen LogP contribution in [0.15, 0.2) is 48.8 Å². The second-order valence-electron chi connectivity index (χ2n) is 6.92. The summed E-state index contributed by atoms with van der Waals surface area (Å²) in [5, 5.41) is 0. The van der Waals surface area contributed by atoms with E-state index in [0.717, 1.165) is 0 Å². The lowest BCUT2D eigenvalue weighted by atomic mass is 10.0. The monoisotopic (exact) mass is 324 g/mol. The number of hydrogen-bond acceptors (Lipinski definition) is 0. The molecule has 1 nitrogen and oxygen atoms in total. The molecule has 0 aliphatic heterocycles. The quantitative estimate of drug-likeness (QED) is 0.342. The Labute approximate surface area is 148 Å². The molecular formula is C23H34N+. The summed E-state index contributed by atoms with van der Waals surface area (Å²) in [5.74, 6) is 0. The van der Waals surface area contributed by atoms with Gasteiger partial charge >= 0.3 is 0 Å². The average molecular weight is 325 g/mol. The van der Waals surface area contributed by atoms with Gasteiger partial charge in [0.2, 0.25) is 5.69 Å². The average Bonchev–Trinajstić information content (AvgIpc) is 2.63. The fourth-order valence-electron chi connectivity index (χ4n) is 3.24. The van der Waals surface area contributed by atoms with Crippen molar-refractivity contribution < 1.29 is 4.57 Å². The zero-order valence-electron chi connectivity index (χ0n) is 15.6. The Hall–Kier alpha value is -1.63. The first-order valence-electron chi connectivity index (χ1n) is 9.93. The molecule has 2 aromatic rings. The maximum atomic E-state index is 2.44. The minimum atomic E-state index is 1.20. The molecule has 0 unspecified atom stereocenters. The van der Waals surface area contributed by atoms with Crippen molar-refractivity contribution >= 4 is 0 Å². The summed E-state index contributed by atoms with van der Waals surface area (Å²) in [5.41, 5.74) is 4.24. The van der Waals surface area contributed by atoms with Crippen LogP contribution in [0.4, 0.5) is 0 Å². The molecule has 0 bridgehead atoms. The van der Waals surface area contributed by atoms with Crippen molar-refractivity contribution in [1.29, 1.82) is 0 Å². The predicted molar refractivity (Wildman–Crippen MR) is 104 cm³/mol. The topological polar surface area (TPSA) is 3.88 Å². The minimum absolute atomic E-state index is 1.20. The summed E-state index contributed by atoms with van der Waals surface area (Å²) >= 11 is 0. The Balaban J connectivity index is 2.10. The first-order chi connectivity index (χ1) is 11.8. The van der Waals surface area contributed by atoms with Crippen LogP contribution in [0, 0.1) is 0 Å². The molecule has 1 aromatic carbocycles. The summed E-state index contributed by atoms with van der Waals surface area (Å²) in [7, 11) is 0. The van der Waals surface area contributed by atoms with Gasteiger partial charge in [-0.3, -0.25) is 0 Å². The highest BCUT2D eigenvalue weighted by atomic mass is 14.9. The molecule has 0 aliphatic carbocycles. The van der Waals surface area contributed by atoms with Crippen molar-refractivity contribution in [2.45, 2.75) is 78.1 Å². The molecular weight excluding hydrogens is 290 g/mol. The van der Waals surface area contributed by atoms with Crippen LogP contribution in [0.3, 0.4) is 0 Å². The number of pyridine rings is 1. The first-order valence-corrected chi connectivity index (χ1v) is 9.93. The highest BCUT2D eigenvalue weighted by Gasteiger charge is 2.10. The molecule has 0 N–H and O–H groups in total. The Morgan fingerprint density at radius 3 is 1.71 bits per heavy atom. The minimum Gasteiger partial charge on any atom is -0.167 e. The SMILES string of the molecule is CCCCCCc1cc(CCCCCC)c[n+](-c2ccccc2)c1. The van der Waals surface area contributed by atoms with E-state index in [0.29, 0.717) is 0 Å². The molecule has 130 valence electrons. The number of rotatable bonds is 11. The maximum absolute atomic E-state index is 2.44. The van der Waals surface area contributed by atoms with Gasteiger partial charge in [0.15, 0.2) is 12.4 Å². The molecule has 24 heavy (non-hydrogen) atoms. The van der Waals surface area contributed by atoms with Gasteiger partial charge in [0, 0.05) is 23.3 Å². The maximum Gasteiger partial charge on any atom is 0.210 e. The second kappa shape index (κ2) is 11.0. The van der Waals surface area contributed by atoms with E-state index in [1.165, 1.54) is 81.0 Å². The van der Waals surface area contributed by atoms with Gasteiger partial charge in [-0.2, -0.15) is 4.57 Å². The van der Waals surface area contributed by atoms with E-state index >= 15 is 0 Å². The van der Waals surface area contributed by atoms with E-state index in [1.54, 1.807) is 0 Å². The molecule has 2 rings (SSSR count). The summed E-state index contributed by atoms with van der Waals surface area (Å²) in [6.45, 7) is 4.56. The van der Waals surface area contributed by atoms with E-state index in [4.69, 9.17) is 0 Å². The van der Waals surface area contributed by atoms with E-state index in [9.17, 15) is 0 Å². The van der Waals surface area contributed by atoms with Gasteiger partial charge in [-0.25, -0.2) is 0 Å². The molecule has 0 amide bonds. The Morgan fingerprint density at radius 2 is 1.21 bits per heavy atom. The molecule has 0 fully saturated rings. The first kappa shape index (κ1) is 18.7. The van der Waals surface area contributed by atoms with Crippen molar-refractivity contribution in [2.75, 3.05) is 0 Å². The van der Waals surface area contributed by atoms with Gasteiger partial charge in [0.1, 0.15) is 0 Å². The molecule has 0 radical (unpaired) electrons. The van der Waals surface area contributed by atoms with Gasteiger partial charge in [0.25, 0.3) is 0 Å². The van der Waals surface area contributed by atoms with Crippen LogP contribution >= 0.6 is 0 Å². The van der Waals surface area contributed by atoms with Gasteiger partial charge in [-0.15, -0.1) is 0 Å². The molecule has 1 heteroatoms. The fourth-order valence-corrected chi connectivity index (χ4v) is 3.24. The predicted octanol–water partition coefficient (Wildman–Crippen LogP) is 6.21. The smallest absolute Gasteiger partial charge is 0.167 e. The van der Waals surface area contributed by atoms with Crippen molar-refractivity contribution in [1.82, 2.24) is 0 Å². The summed E-state index contributed by atoms with van der Waals surface area (Å²) in [6, 6.07) is 13.2. The molecule has 0 saturated carbocycles. The zero-order valence-corrected chi connectivity index (χ0v) is 15.6. The van der Waals surface area contributed by atoms with E-state index in [1.807, 2.05) is 0 Å². The summed E-state index contributed by atoms with van der Waals surface area (Å²) in [6.07, 6.45) is 17.7. The van der Waals surface area contributed by atoms with Gasteiger partial charge in [-0.1, -0.05) is 70.6 Å². The van der Waals surface area contributed by atoms with Crippen molar-refractivity contribution in [2.24, 2.45) is 0 Å². The number of aromatic nitrogens is 1. The van der Waals surface area contributed by atoms with Crippen molar-refractivity contribution in [3.63, 3.8) is 0 Å². The lowest BCUT2D eigenvalue weighted by Gasteiger charge is -2.06. The van der Waals surface area contributed by atoms with Crippen LogP contribution in [0.5, 0.6) is 0 Å². The molecule has 0 atom stereocenters. The number of nitrogens with zero attached hydrogens (tertiary/aromatic N) is 1. The van der Waals surface area contributed by atoms with Gasteiger partial charge in [-0.05, 0) is 31.7 Å². The number of aryl methyl sites for hydroxylation is 2. The molecule has 1 aromatic heterocycles. The van der Waals surface area contributed by atoms with Gasteiger partial charge < -0.3 is 0 Å². The second-order valence-corrected chi connectivity index (χ2v) is 6.92. The lowest BCUT2D eigenvalue weighted by molar-refractivity contribution is -0.596. The Kier molecular flexibility index (Phi) is 8.59. The van der Waals surface area contributed by atoms with E-state index in [2.05, 4.69) is 67.2 Å². The normalized spacial score (nSPS) is 10.9. The lowest BCUT2D eigenvalue weighted by Crippen LogP contribution is -2.31. The number of hydrogen-bond donors (Lipinski definition) is 0. The molecule has 0 aliphatic rings. The van der Waals surface area contributed by atoms with Crippen LogP contribution in [0.1, 0.15) is 76.3 Å². The number of unbranched alkanes of at least 4 members (excludes halogenated alkanes) is 6. The Bertz CT molecular complexity index is 544.